The van der Waals surface area contributed by atoms with E-state index in [0.29, 0.717) is 16.7 Å². The van der Waals surface area contributed by atoms with Crippen LogP contribution in [0.4, 0.5) is 5.82 Å². The number of nitrogens with two attached hydrogens (primary N) is 3. The number of anilines is 1. The smallest absolute Gasteiger partial charge is 0.132 e. The number of aliphatic hydroxyl groups excluding tert-OH is 1. The Labute approximate surface area is 93.5 Å². The van der Waals surface area contributed by atoms with Crippen molar-refractivity contribution in [1.82, 2.24) is 4.98 Å². The fraction of sp³-hybridized carbons (Fsp3) is 0.200. The molecule has 7 N–H and O–H groups in total. The van der Waals surface area contributed by atoms with Crippen LogP contribution in [-0.2, 0) is 0 Å². The summed E-state index contributed by atoms with van der Waals surface area (Å²) in [4.78, 5) is 7.79. The van der Waals surface area contributed by atoms with Crippen molar-refractivity contribution in [2.75, 3.05) is 12.8 Å². The van der Waals surface area contributed by atoms with Crippen molar-refractivity contribution in [3.05, 3.63) is 29.6 Å². The minimum atomic E-state index is -1.16. The zero-order chi connectivity index (χ0) is 12.1. The molecule has 1 atom stereocenters. The van der Waals surface area contributed by atoms with Crippen molar-refractivity contribution in [2.45, 2.75) is 6.23 Å². The second kappa shape index (κ2) is 5.24. The van der Waals surface area contributed by atoms with Crippen LogP contribution in [0, 0.1) is 0 Å². The molecule has 0 aliphatic carbocycles. The standard InChI is InChI=1S/C10H15N5O/c1-14-4-7(3-11)6-2-8(10(13)16)9(12)15-5-6/h2-5,10,16H,11,13H2,1H3,(H2,12,15). The van der Waals surface area contributed by atoms with E-state index in [1.165, 1.54) is 6.20 Å². The van der Waals surface area contributed by atoms with Crippen molar-refractivity contribution in [1.29, 1.82) is 0 Å². The Hall–Kier alpha value is -1.92. The van der Waals surface area contributed by atoms with Gasteiger partial charge in [-0.15, -0.1) is 0 Å². The van der Waals surface area contributed by atoms with E-state index < -0.39 is 6.23 Å². The molecule has 6 heteroatoms. The normalized spacial score (nSPS) is 14.3. The van der Waals surface area contributed by atoms with Crippen LogP contribution in [0.1, 0.15) is 17.4 Å². The molecule has 86 valence electrons. The Morgan fingerprint density at radius 3 is 2.81 bits per heavy atom. The number of hydrogen-bond acceptors (Lipinski definition) is 6. The fourth-order valence-corrected chi connectivity index (χ4v) is 1.24. The predicted molar refractivity (Wildman–Crippen MR) is 64.4 cm³/mol. The molecular formula is C10H15N5O. The highest BCUT2D eigenvalue weighted by molar-refractivity contribution is 6.09. The lowest BCUT2D eigenvalue weighted by Crippen LogP contribution is -2.12. The van der Waals surface area contributed by atoms with Crippen LogP contribution < -0.4 is 17.2 Å². The lowest BCUT2D eigenvalue weighted by molar-refractivity contribution is 0.186. The Morgan fingerprint density at radius 1 is 1.62 bits per heavy atom. The van der Waals surface area contributed by atoms with Crippen LogP contribution in [0.5, 0.6) is 0 Å². The molecule has 16 heavy (non-hydrogen) atoms. The molecule has 0 saturated heterocycles. The lowest BCUT2D eigenvalue weighted by Gasteiger charge is -2.10. The molecular weight excluding hydrogens is 206 g/mol. The van der Waals surface area contributed by atoms with Crippen molar-refractivity contribution in [2.24, 2.45) is 16.5 Å². The Kier molecular flexibility index (Phi) is 3.98. The molecule has 0 aliphatic rings. The van der Waals surface area contributed by atoms with Gasteiger partial charge in [-0.25, -0.2) is 4.98 Å². The van der Waals surface area contributed by atoms with Gasteiger partial charge < -0.3 is 22.3 Å². The summed E-state index contributed by atoms with van der Waals surface area (Å²) in [5, 5.41) is 9.29. The molecule has 1 aromatic heterocycles. The number of aliphatic hydroxyl groups is 1. The van der Waals surface area contributed by atoms with E-state index in [2.05, 4.69) is 9.98 Å². The van der Waals surface area contributed by atoms with Gasteiger partial charge in [-0.2, -0.15) is 0 Å². The van der Waals surface area contributed by atoms with Crippen LogP contribution in [0.25, 0.3) is 5.57 Å². The molecule has 0 saturated carbocycles. The van der Waals surface area contributed by atoms with Gasteiger partial charge >= 0.3 is 0 Å². The lowest BCUT2D eigenvalue weighted by atomic mass is 10.1. The summed E-state index contributed by atoms with van der Waals surface area (Å²) in [6.45, 7) is 0. The average molecular weight is 221 g/mol. The predicted octanol–water partition coefficient (Wildman–Crippen LogP) is -0.386. The van der Waals surface area contributed by atoms with Gasteiger partial charge in [0.15, 0.2) is 0 Å². The Morgan fingerprint density at radius 2 is 2.31 bits per heavy atom. The highest BCUT2D eigenvalue weighted by atomic mass is 16.3. The number of pyridine rings is 1. The molecule has 0 fully saturated rings. The van der Waals surface area contributed by atoms with E-state index in [1.54, 1.807) is 25.5 Å². The monoisotopic (exact) mass is 221 g/mol. The van der Waals surface area contributed by atoms with Crippen molar-refractivity contribution >= 4 is 17.6 Å². The van der Waals surface area contributed by atoms with Gasteiger partial charge in [-0.1, -0.05) is 0 Å². The first-order chi connectivity index (χ1) is 7.60. The molecule has 0 aromatic carbocycles. The summed E-state index contributed by atoms with van der Waals surface area (Å²) in [7, 11) is 1.63. The molecule has 0 aliphatic heterocycles. The van der Waals surface area contributed by atoms with Crippen LogP contribution in [-0.4, -0.2) is 23.4 Å². The van der Waals surface area contributed by atoms with E-state index in [1.807, 2.05) is 0 Å². The fourth-order valence-electron chi connectivity index (χ4n) is 1.24. The molecule has 0 amide bonds. The van der Waals surface area contributed by atoms with Gasteiger partial charge in [0.25, 0.3) is 0 Å². The van der Waals surface area contributed by atoms with Crippen LogP contribution in [0.15, 0.2) is 23.5 Å². The highest BCUT2D eigenvalue weighted by Gasteiger charge is 2.09. The molecule has 1 rings (SSSR count). The number of nitrogen functional groups attached to an aromatic ring is 1. The van der Waals surface area contributed by atoms with Crippen molar-refractivity contribution < 1.29 is 5.11 Å². The topological polar surface area (TPSA) is 124 Å². The molecule has 0 radical (unpaired) electrons. The Balaban J connectivity index is 3.21. The van der Waals surface area contributed by atoms with E-state index >= 15 is 0 Å². The second-order valence-corrected chi connectivity index (χ2v) is 3.15. The van der Waals surface area contributed by atoms with E-state index in [0.717, 1.165) is 0 Å². The summed E-state index contributed by atoms with van der Waals surface area (Å²) in [5.41, 5.74) is 18.1. The van der Waals surface area contributed by atoms with Crippen LogP contribution in [0.3, 0.4) is 0 Å². The third kappa shape index (κ3) is 2.56. The first-order valence-corrected chi connectivity index (χ1v) is 4.63. The number of rotatable bonds is 3. The summed E-state index contributed by atoms with van der Waals surface area (Å²) < 4.78 is 0. The van der Waals surface area contributed by atoms with Crippen LogP contribution in [0.2, 0.25) is 0 Å². The molecule has 1 unspecified atom stereocenters. The number of aromatic nitrogens is 1. The number of nitrogens with zero attached hydrogens (tertiary/aromatic N) is 2. The minimum absolute atomic E-state index is 0.198. The highest BCUT2D eigenvalue weighted by Crippen LogP contribution is 2.19. The summed E-state index contributed by atoms with van der Waals surface area (Å²) >= 11 is 0. The van der Waals surface area contributed by atoms with Gasteiger partial charge in [-0.3, -0.25) is 4.99 Å². The number of hydrogen-bond donors (Lipinski definition) is 4. The SMILES string of the molecule is CN=CC(=CN)c1cnc(N)c(C(N)O)c1. The number of aliphatic imine (C=N–C) groups is 1. The van der Waals surface area contributed by atoms with Gasteiger partial charge in [0.1, 0.15) is 12.0 Å². The second-order valence-electron chi connectivity index (χ2n) is 3.15. The van der Waals surface area contributed by atoms with Gasteiger partial charge in [-0.05, 0) is 6.07 Å². The molecule has 0 bridgehead atoms. The van der Waals surface area contributed by atoms with Gasteiger partial charge in [0, 0.05) is 42.4 Å². The number of allylic oxidation sites excluding steroid dienone is 1. The van der Waals surface area contributed by atoms with Gasteiger partial charge in [0.05, 0.1) is 0 Å². The molecule has 6 nitrogen and oxygen atoms in total. The first-order valence-electron chi connectivity index (χ1n) is 4.63. The van der Waals surface area contributed by atoms with Crippen LogP contribution >= 0.6 is 0 Å². The first kappa shape index (κ1) is 12.2. The maximum atomic E-state index is 9.29. The maximum absolute atomic E-state index is 9.29. The zero-order valence-electron chi connectivity index (χ0n) is 8.96. The van der Waals surface area contributed by atoms with E-state index in [-0.39, 0.29) is 5.82 Å². The zero-order valence-corrected chi connectivity index (χ0v) is 8.96. The molecule has 0 spiro atoms. The maximum Gasteiger partial charge on any atom is 0.132 e. The van der Waals surface area contributed by atoms with Crippen molar-refractivity contribution in [3.8, 4) is 0 Å². The third-order valence-corrected chi connectivity index (χ3v) is 2.05. The average Bonchev–Trinajstić information content (AvgIpc) is 2.26. The Bertz CT molecular complexity index is 425. The summed E-state index contributed by atoms with van der Waals surface area (Å²) in [6, 6.07) is 1.63. The minimum Gasteiger partial charge on any atom is -0.404 e. The summed E-state index contributed by atoms with van der Waals surface area (Å²) in [5.74, 6) is 0.198. The van der Waals surface area contributed by atoms with E-state index in [9.17, 15) is 5.11 Å². The quantitative estimate of drug-likeness (QED) is 0.409. The largest absolute Gasteiger partial charge is 0.404 e. The van der Waals surface area contributed by atoms with Gasteiger partial charge in [0.2, 0.25) is 0 Å². The molecule has 1 heterocycles. The summed E-state index contributed by atoms with van der Waals surface area (Å²) in [6.07, 6.45) is 3.36. The van der Waals surface area contributed by atoms with Crippen molar-refractivity contribution in [3.63, 3.8) is 0 Å². The molecule has 1 aromatic rings. The third-order valence-electron chi connectivity index (χ3n) is 2.05. The van der Waals surface area contributed by atoms with E-state index in [4.69, 9.17) is 17.2 Å².